The summed E-state index contributed by atoms with van der Waals surface area (Å²) >= 11 is 1.32. The molecule has 0 aromatic heterocycles. The number of hydrogen-bond donors (Lipinski definition) is 1. The highest BCUT2D eigenvalue weighted by molar-refractivity contribution is 8.04. The van der Waals surface area contributed by atoms with Crippen molar-refractivity contribution < 1.29 is 14.4 Å². The number of imide groups is 1. The number of benzene rings is 2. The molecule has 0 spiro atoms. The molecule has 2 aromatic carbocycles. The summed E-state index contributed by atoms with van der Waals surface area (Å²) < 4.78 is 0. The average molecular weight is 391 g/mol. The third kappa shape index (κ3) is 3.68. The molecule has 0 bridgehead atoms. The average Bonchev–Trinajstić information content (AvgIpc) is 2.92. The van der Waals surface area contributed by atoms with E-state index in [4.69, 9.17) is 5.26 Å². The first-order valence-corrected chi connectivity index (χ1v) is 9.59. The Balaban J connectivity index is 2.00. The van der Waals surface area contributed by atoms with Crippen LogP contribution in [0, 0.1) is 11.3 Å². The number of amides is 3. The van der Waals surface area contributed by atoms with Gasteiger partial charge in [0.05, 0.1) is 27.8 Å². The Labute approximate surface area is 166 Å². The SMILES string of the molecule is CCSC1=C(c2ccc(NC(C)=O)cc2)C(=O)N(c2ccc(C#N)cc2)C1=O. The molecule has 1 aliphatic heterocycles. The van der Waals surface area contributed by atoms with Crippen LogP contribution < -0.4 is 10.2 Å². The summed E-state index contributed by atoms with van der Waals surface area (Å²) in [6, 6.07) is 15.2. The molecule has 0 radical (unpaired) electrons. The first-order valence-electron chi connectivity index (χ1n) is 8.60. The molecule has 0 saturated carbocycles. The van der Waals surface area contributed by atoms with Crippen molar-refractivity contribution in [3.05, 3.63) is 64.6 Å². The molecule has 140 valence electrons. The van der Waals surface area contributed by atoms with Gasteiger partial charge in [-0.05, 0) is 47.7 Å². The van der Waals surface area contributed by atoms with Gasteiger partial charge in [0.2, 0.25) is 5.91 Å². The number of thioether (sulfide) groups is 1. The number of carbonyl (C=O) groups is 3. The van der Waals surface area contributed by atoms with Crippen molar-refractivity contribution in [2.45, 2.75) is 13.8 Å². The first kappa shape index (κ1) is 19.4. The van der Waals surface area contributed by atoms with Crippen molar-refractivity contribution in [3.63, 3.8) is 0 Å². The topological polar surface area (TPSA) is 90.3 Å². The van der Waals surface area contributed by atoms with Gasteiger partial charge in [0.15, 0.2) is 0 Å². The molecular formula is C21H17N3O3S. The lowest BCUT2D eigenvalue weighted by Crippen LogP contribution is -2.31. The molecule has 3 rings (SSSR count). The fourth-order valence-corrected chi connectivity index (χ4v) is 3.74. The van der Waals surface area contributed by atoms with Gasteiger partial charge in [-0.25, -0.2) is 4.90 Å². The number of nitrogens with zero attached hydrogens (tertiary/aromatic N) is 2. The number of nitrogens with one attached hydrogen (secondary N) is 1. The molecule has 28 heavy (non-hydrogen) atoms. The van der Waals surface area contributed by atoms with Gasteiger partial charge < -0.3 is 5.32 Å². The van der Waals surface area contributed by atoms with Gasteiger partial charge in [-0.3, -0.25) is 14.4 Å². The Morgan fingerprint density at radius 1 is 1.07 bits per heavy atom. The monoisotopic (exact) mass is 391 g/mol. The van der Waals surface area contributed by atoms with E-state index >= 15 is 0 Å². The van der Waals surface area contributed by atoms with Gasteiger partial charge in [-0.2, -0.15) is 5.26 Å². The molecule has 0 saturated heterocycles. The van der Waals surface area contributed by atoms with E-state index in [9.17, 15) is 14.4 Å². The lowest BCUT2D eigenvalue weighted by molar-refractivity contribution is -0.120. The van der Waals surface area contributed by atoms with Crippen molar-refractivity contribution >= 4 is 46.4 Å². The third-order valence-electron chi connectivity index (χ3n) is 4.08. The Morgan fingerprint density at radius 2 is 1.71 bits per heavy atom. The van der Waals surface area contributed by atoms with E-state index in [1.165, 1.54) is 18.7 Å². The van der Waals surface area contributed by atoms with Crippen molar-refractivity contribution in [2.75, 3.05) is 16.0 Å². The second-order valence-corrected chi connectivity index (χ2v) is 7.27. The predicted molar refractivity (Wildman–Crippen MR) is 109 cm³/mol. The third-order valence-corrected chi connectivity index (χ3v) is 5.03. The largest absolute Gasteiger partial charge is 0.326 e. The predicted octanol–water partition coefficient (Wildman–Crippen LogP) is 3.55. The Hall–Kier alpha value is -3.37. The highest BCUT2D eigenvalue weighted by atomic mass is 32.2. The van der Waals surface area contributed by atoms with E-state index in [1.54, 1.807) is 48.5 Å². The maximum absolute atomic E-state index is 13.1. The van der Waals surface area contributed by atoms with Gasteiger partial charge in [0.1, 0.15) is 0 Å². The number of nitriles is 1. The zero-order valence-electron chi connectivity index (χ0n) is 15.4. The molecular weight excluding hydrogens is 374 g/mol. The van der Waals surface area contributed by atoms with E-state index in [0.29, 0.717) is 38.7 Å². The summed E-state index contributed by atoms with van der Waals surface area (Å²) in [5.74, 6) is -0.322. The van der Waals surface area contributed by atoms with Gasteiger partial charge in [-0.1, -0.05) is 19.1 Å². The summed E-state index contributed by atoms with van der Waals surface area (Å²) in [7, 11) is 0. The summed E-state index contributed by atoms with van der Waals surface area (Å²) in [4.78, 5) is 38.8. The molecule has 2 aromatic rings. The molecule has 0 fully saturated rings. The minimum atomic E-state index is -0.405. The van der Waals surface area contributed by atoms with Gasteiger partial charge in [0.25, 0.3) is 11.8 Å². The highest BCUT2D eigenvalue weighted by Crippen LogP contribution is 2.38. The van der Waals surface area contributed by atoms with Crippen molar-refractivity contribution in [1.82, 2.24) is 0 Å². The molecule has 1 aliphatic rings. The molecule has 1 heterocycles. The van der Waals surface area contributed by atoms with Crippen molar-refractivity contribution in [1.29, 1.82) is 5.26 Å². The smallest absolute Gasteiger partial charge is 0.272 e. The Morgan fingerprint density at radius 3 is 2.25 bits per heavy atom. The van der Waals surface area contributed by atoms with Crippen LogP contribution in [0.3, 0.4) is 0 Å². The summed E-state index contributed by atoms with van der Waals surface area (Å²) in [5.41, 5.74) is 2.44. The minimum Gasteiger partial charge on any atom is -0.326 e. The standard InChI is InChI=1S/C21H17N3O3S/c1-3-28-19-18(15-6-8-16(9-7-15)23-13(2)25)20(26)24(21(19)27)17-10-4-14(12-22)5-11-17/h4-11H,3H2,1-2H3,(H,23,25). The number of carbonyl (C=O) groups excluding carboxylic acids is 3. The zero-order chi connectivity index (χ0) is 20.3. The second-order valence-electron chi connectivity index (χ2n) is 6.00. The van der Waals surface area contributed by atoms with Crippen LogP contribution in [0.1, 0.15) is 25.0 Å². The molecule has 0 atom stereocenters. The first-order chi connectivity index (χ1) is 13.5. The molecule has 0 aliphatic carbocycles. The highest BCUT2D eigenvalue weighted by Gasteiger charge is 2.39. The fraction of sp³-hybridized carbons (Fsp3) is 0.143. The van der Waals surface area contributed by atoms with Crippen molar-refractivity contribution in [2.24, 2.45) is 0 Å². The van der Waals surface area contributed by atoms with Crippen LogP contribution in [-0.4, -0.2) is 23.5 Å². The molecule has 0 unspecified atom stereocenters. The normalized spacial score (nSPS) is 13.7. The number of anilines is 2. The lowest BCUT2D eigenvalue weighted by Gasteiger charge is -2.15. The Kier molecular flexibility index (Phi) is 5.62. The van der Waals surface area contributed by atoms with E-state index in [-0.39, 0.29) is 11.8 Å². The van der Waals surface area contributed by atoms with Crippen LogP contribution in [-0.2, 0) is 14.4 Å². The summed E-state index contributed by atoms with van der Waals surface area (Å²) in [6.07, 6.45) is 0. The van der Waals surface area contributed by atoms with E-state index in [2.05, 4.69) is 5.32 Å². The van der Waals surface area contributed by atoms with Gasteiger partial charge in [0, 0.05) is 12.6 Å². The van der Waals surface area contributed by atoms with Crippen molar-refractivity contribution in [3.8, 4) is 6.07 Å². The fourth-order valence-electron chi connectivity index (χ4n) is 2.89. The van der Waals surface area contributed by atoms with Crippen LogP contribution >= 0.6 is 11.8 Å². The van der Waals surface area contributed by atoms with E-state index in [0.717, 1.165) is 4.90 Å². The molecule has 7 heteroatoms. The summed E-state index contributed by atoms with van der Waals surface area (Å²) in [6.45, 7) is 3.33. The van der Waals surface area contributed by atoms with Crippen LogP contribution in [0.15, 0.2) is 53.4 Å². The van der Waals surface area contributed by atoms with Crippen LogP contribution in [0.5, 0.6) is 0 Å². The van der Waals surface area contributed by atoms with Crippen LogP contribution in [0.25, 0.3) is 5.57 Å². The van der Waals surface area contributed by atoms with E-state index < -0.39 is 5.91 Å². The quantitative estimate of drug-likeness (QED) is 0.787. The molecule has 3 amide bonds. The molecule has 6 nitrogen and oxygen atoms in total. The lowest BCUT2D eigenvalue weighted by atomic mass is 10.1. The van der Waals surface area contributed by atoms with Crippen LogP contribution in [0.4, 0.5) is 11.4 Å². The van der Waals surface area contributed by atoms with Gasteiger partial charge >= 0.3 is 0 Å². The molecule has 1 N–H and O–H groups in total. The summed E-state index contributed by atoms with van der Waals surface area (Å²) in [5, 5.41) is 11.6. The maximum Gasteiger partial charge on any atom is 0.272 e. The minimum absolute atomic E-state index is 0.187. The number of rotatable bonds is 5. The van der Waals surface area contributed by atoms with E-state index in [1.807, 2.05) is 13.0 Å². The number of hydrogen-bond acceptors (Lipinski definition) is 5. The maximum atomic E-state index is 13.1. The Bertz CT molecular complexity index is 1020. The van der Waals surface area contributed by atoms with Crippen LogP contribution in [0.2, 0.25) is 0 Å². The van der Waals surface area contributed by atoms with Gasteiger partial charge in [-0.15, -0.1) is 11.8 Å². The second kappa shape index (κ2) is 8.11. The zero-order valence-corrected chi connectivity index (χ0v) is 16.2.